The van der Waals surface area contributed by atoms with Gasteiger partial charge in [0.05, 0.1) is 16.8 Å². The Bertz CT molecular complexity index is 1190. The Labute approximate surface area is 175 Å². The largest absolute Gasteiger partial charge is 0.360 e. The SMILES string of the molecule is CNCCNC(=O)c1cc(-c2c[nH]c3ccc(Cl)cc23)nc2c(Br)cccc12. The van der Waals surface area contributed by atoms with E-state index < -0.39 is 0 Å². The summed E-state index contributed by atoms with van der Waals surface area (Å²) in [6.07, 6.45) is 1.90. The van der Waals surface area contributed by atoms with Crippen LogP contribution in [0.2, 0.25) is 5.02 Å². The first-order chi connectivity index (χ1) is 13.6. The number of nitrogens with one attached hydrogen (secondary N) is 3. The van der Waals surface area contributed by atoms with Crippen molar-refractivity contribution < 1.29 is 4.79 Å². The highest BCUT2D eigenvalue weighted by atomic mass is 79.9. The molecule has 0 fully saturated rings. The second kappa shape index (κ2) is 7.91. The fourth-order valence-corrected chi connectivity index (χ4v) is 3.87. The lowest BCUT2D eigenvalue weighted by Gasteiger charge is -2.11. The number of hydrogen-bond donors (Lipinski definition) is 3. The quantitative estimate of drug-likeness (QED) is 0.379. The van der Waals surface area contributed by atoms with Crippen molar-refractivity contribution in [2.24, 2.45) is 0 Å². The summed E-state index contributed by atoms with van der Waals surface area (Å²) in [5.41, 5.74) is 3.92. The maximum absolute atomic E-state index is 12.9. The Hall–Kier alpha value is -2.41. The fourth-order valence-electron chi connectivity index (χ4n) is 3.24. The molecule has 0 aliphatic heterocycles. The van der Waals surface area contributed by atoms with Gasteiger partial charge in [0.25, 0.3) is 5.91 Å². The molecule has 142 valence electrons. The average molecular weight is 458 g/mol. The third kappa shape index (κ3) is 3.51. The monoisotopic (exact) mass is 456 g/mol. The lowest BCUT2D eigenvalue weighted by Crippen LogP contribution is -2.30. The van der Waals surface area contributed by atoms with Crippen LogP contribution in [0.1, 0.15) is 10.4 Å². The van der Waals surface area contributed by atoms with Gasteiger partial charge in [0.15, 0.2) is 0 Å². The number of para-hydroxylation sites is 1. The third-order valence-corrected chi connectivity index (χ3v) is 5.49. The first-order valence-electron chi connectivity index (χ1n) is 8.87. The molecular formula is C21H18BrClN4O. The molecule has 3 N–H and O–H groups in total. The van der Waals surface area contributed by atoms with Crippen molar-refractivity contribution in [2.75, 3.05) is 20.1 Å². The maximum atomic E-state index is 12.9. The van der Waals surface area contributed by atoms with E-state index in [1.165, 1.54) is 0 Å². The van der Waals surface area contributed by atoms with Gasteiger partial charge >= 0.3 is 0 Å². The lowest BCUT2D eigenvalue weighted by molar-refractivity contribution is 0.0956. The number of hydrogen-bond acceptors (Lipinski definition) is 3. The van der Waals surface area contributed by atoms with E-state index in [2.05, 4.69) is 31.5 Å². The Balaban J connectivity index is 1.90. The number of aromatic nitrogens is 2. The van der Waals surface area contributed by atoms with Crippen molar-refractivity contribution in [3.63, 3.8) is 0 Å². The number of aromatic amines is 1. The molecule has 7 heteroatoms. The van der Waals surface area contributed by atoms with Crippen LogP contribution in [0.25, 0.3) is 33.1 Å². The third-order valence-electron chi connectivity index (χ3n) is 4.62. The van der Waals surface area contributed by atoms with Gasteiger partial charge in [-0.3, -0.25) is 4.79 Å². The number of fused-ring (bicyclic) bond motifs is 2. The van der Waals surface area contributed by atoms with Gasteiger partial charge in [0.2, 0.25) is 0 Å². The van der Waals surface area contributed by atoms with E-state index in [0.29, 0.717) is 29.4 Å². The van der Waals surface area contributed by atoms with Crippen LogP contribution < -0.4 is 10.6 Å². The van der Waals surface area contributed by atoms with Gasteiger partial charge in [-0.2, -0.15) is 0 Å². The number of carbonyl (C=O) groups excluding carboxylic acids is 1. The van der Waals surface area contributed by atoms with Crippen LogP contribution in [0, 0.1) is 0 Å². The molecule has 4 aromatic rings. The van der Waals surface area contributed by atoms with Crippen LogP contribution in [-0.4, -0.2) is 36.0 Å². The number of H-pyrrole nitrogens is 1. The summed E-state index contributed by atoms with van der Waals surface area (Å²) in [6, 6.07) is 13.3. The summed E-state index contributed by atoms with van der Waals surface area (Å²) in [5, 5.41) is 8.41. The number of halogens is 2. The molecule has 4 rings (SSSR count). The zero-order chi connectivity index (χ0) is 19.7. The van der Waals surface area contributed by atoms with Gasteiger partial charge in [-0.1, -0.05) is 23.7 Å². The number of rotatable bonds is 5. The summed E-state index contributed by atoms with van der Waals surface area (Å²) in [6.45, 7) is 1.25. The second-order valence-corrected chi connectivity index (χ2v) is 7.73. The summed E-state index contributed by atoms with van der Waals surface area (Å²) in [4.78, 5) is 21.0. The molecule has 2 heterocycles. The molecule has 0 saturated heterocycles. The Morgan fingerprint density at radius 2 is 2.04 bits per heavy atom. The van der Waals surface area contributed by atoms with Gasteiger partial charge < -0.3 is 15.6 Å². The van der Waals surface area contributed by atoms with E-state index in [-0.39, 0.29) is 5.91 Å². The van der Waals surface area contributed by atoms with E-state index in [1.807, 2.05) is 55.7 Å². The molecule has 28 heavy (non-hydrogen) atoms. The molecule has 1 amide bonds. The molecule has 0 aliphatic carbocycles. The van der Waals surface area contributed by atoms with Gasteiger partial charge in [-0.15, -0.1) is 0 Å². The van der Waals surface area contributed by atoms with E-state index in [4.69, 9.17) is 16.6 Å². The average Bonchev–Trinajstić information content (AvgIpc) is 3.11. The zero-order valence-corrected chi connectivity index (χ0v) is 17.5. The van der Waals surface area contributed by atoms with Crippen LogP contribution >= 0.6 is 27.5 Å². The van der Waals surface area contributed by atoms with Gasteiger partial charge in [0, 0.05) is 50.6 Å². The molecule has 0 aliphatic rings. The number of benzene rings is 2. The Kier molecular flexibility index (Phi) is 5.35. The van der Waals surface area contributed by atoms with Crippen molar-refractivity contribution in [1.82, 2.24) is 20.6 Å². The van der Waals surface area contributed by atoms with E-state index in [9.17, 15) is 4.79 Å². The smallest absolute Gasteiger partial charge is 0.252 e. The maximum Gasteiger partial charge on any atom is 0.252 e. The van der Waals surface area contributed by atoms with Crippen LogP contribution in [0.3, 0.4) is 0 Å². The zero-order valence-electron chi connectivity index (χ0n) is 15.1. The van der Waals surface area contributed by atoms with E-state index in [1.54, 1.807) is 0 Å². The van der Waals surface area contributed by atoms with E-state index >= 15 is 0 Å². The summed E-state index contributed by atoms with van der Waals surface area (Å²) < 4.78 is 0.842. The minimum atomic E-state index is -0.125. The van der Waals surface area contributed by atoms with Crippen LogP contribution in [0.4, 0.5) is 0 Å². The molecule has 0 bridgehead atoms. The first-order valence-corrected chi connectivity index (χ1v) is 10.0. The predicted molar refractivity (Wildman–Crippen MR) is 118 cm³/mol. The van der Waals surface area contributed by atoms with Crippen molar-refractivity contribution in [3.05, 3.63) is 63.7 Å². The molecule has 0 saturated carbocycles. The van der Waals surface area contributed by atoms with Crippen molar-refractivity contribution in [3.8, 4) is 11.3 Å². The van der Waals surface area contributed by atoms with Crippen molar-refractivity contribution in [2.45, 2.75) is 0 Å². The standard InChI is InChI=1S/C21H18BrClN4O/c1-24-7-8-25-21(28)15-10-19(27-20-13(15)3-2-4-17(20)22)16-11-26-18-6-5-12(23)9-14(16)18/h2-6,9-11,24,26H,7-8H2,1H3,(H,25,28). The second-order valence-electron chi connectivity index (χ2n) is 6.44. The summed E-state index contributed by atoms with van der Waals surface area (Å²) in [5.74, 6) is -0.125. The number of likely N-dealkylation sites (N-methyl/N-ethyl adjacent to an activating group) is 1. The predicted octanol–water partition coefficient (Wildman–Crippen LogP) is 4.75. The Morgan fingerprint density at radius 1 is 1.18 bits per heavy atom. The van der Waals surface area contributed by atoms with Crippen molar-refractivity contribution in [1.29, 1.82) is 0 Å². The molecule has 0 spiro atoms. The lowest BCUT2D eigenvalue weighted by atomic mass is 10.0. The number of pyridine rings is 1. The van der Waals surface area contributed by atoms with E-state index in [0.717, 1.165) is 31.8 Å². The van der Waals surface area contributed by atoms with Crippen molar-refractivity contribution >= 4 is 55.2 Å². The minimum absolute atomic E-state index is 0.125. The van der Waals surface area contributed by atoms with Gasteiger partial charge in [-0.05, 0) is 53.3 Å². The topological polar surface area (TPSA) is 69.8 Å². The van der Waals surface area contributed by atoms with Crippen LogP contribution in [0.5, 0.6) is 0 Å². The molecular weight excluding hydrogens is 440 g/mol. The highest BCUT2D eigenvalue weighted by Gasteiger charge is 2.17. The van der Waals surface area contributed by atoms with Gasteiger partial charge in [-0.25, -0.2) is 4.98 Å². The highest BCUT2D eigenvalue weighted by molar-refractivity contribution is 9.10. The molecule has 0 atom stereocenters. The minimum Gasteiger partial charge on any atom is -0.360 e. The number of carbonyl (C=O) groups is 1. The molecule has 0 unspecified atom stereocenters. The number of amides is 1. The van der Waals surface area contributed by atoms with Crippen LogP contribution in [-0.2, 0) is 0 Å². The normalized spacial score (nSPS) is 11.2. The molecule has 2 aromatic carbocycles. The van der Waals surface area contributed by atoms with Gasteiger partial charge in [0.1, 0.15) is 0 Å². The number of nitrogens with zero attached hydrogens (tertiary/aromatic N) is 1. The molecule has 0 radical (unpaired) electrons. The Morgan fingerprint density at radius 3 is 2.86 bits per heavy atom. The molecule has 5 nitrogen and oxygen atoms in total. The first kappa shape index (κ1) is 18.9. The van der Waals surface area contributed by atoms with Crippen LogP contribution in [0.15, 0.2) is 53.1 Å². The summed E-state index contributed by atoms with van der Waals surface area (Å²) >= 11 is 9.77. The molecule has 2 aromatic heterocycles. The fraction of sp³-hybridized carbons (Fsp3) is 0.143. The highest BCUT2D eigenvalue weighted by Crippen LogP contribution is 2.33. The summed E-state index contributed by atoms with van der Waals surface area (Å²) in [7, 11) is 1.85.